The predicted octanol–water partition coefficient (Wildman–Crippen LogP) is 2.19. The van der Waals surface area contributed by atoms with Crippen LogP contribution in [0.3, 0.4) is 0 Å². The molecule has 0 saturated carbocycles. The summed E-state index contributed by atoms with van der Waals surface area (Å²) in [5.41, 5.74) is 0.711. The Hall–Kier alpha value is -1.15. The summed E-state index contributed by atoms with van der Waals surface area (Å²) < 4.78 is 22.6. The van der Waals surface area contributed by atoms with Crippen LogP contribution in [0.2, 0.25) is 4.34 Å². The van der Waals surface area contributed by atoms with Crippen LogP contribution in [0.1, 0.15) is 0 Å². The molecule has 0 aliphatic carbocycles. The molecule has 1 aromatic carbocycles. The minimum atomic E-state index is -3.65. The number of nitrogens with zero attached hydrogens (tertiary/aromatic N) is 1. The van der Waals surface area contributed by atoms with E-state index in [2.05, 4.69) is 10.3 Å². The van der Waals surface area contributed by atoms with Gasteiger partial charge in [-0.05, 0) is 24.3 Å². The zero-order chi connectivity index (χ0) is 12.5. The van der Waals surface area contributed by atoms with E-state index in [4.69, 9.17) is 16.7 Å². The number of anilines is 2. The van der Waals surface area contributed by atoms with Gasteiger partial charge in [0.05, 0.1) is 11.1 Å². The molecule has 0 amide bonds. The summed E-state index contributed by atoms with van der Waals surface area (Å²) in [6.45, 7) is 0. The largest absolute Gasteiger partial charge is 0.332 e. The van der Waals surface area contributed by atoms with Gasteiger partial charge in [-0.1, -0.05) is 22.9 Å². The van der Waals surface area contributed by atoms with Gasteiger partial charge in [-0.3, -0.25) is 0 Å². The Morgan fingerprint density at radius 2 is 1.94 bits per heavy atom. The molecule has 8 heteroatoms. The number of rotatable bonds is 3. The van der Waals surface area contributed by atoms with Crippen LogP contribution in [0.15, 0.2) is 35.4 Å². The first kappa shape index (κ1) is 12.3. The van der Waals surface area contributed by atoms with Gasteiger partial charge in [0.1, 0.15) is 4.34 Å². The van der Waals surface area contributed by atoms with Crippen LogP contribution in [-0.2, 0) is 10.0 Å². The lowest BCUT2D eigenvalue weighted by Crippen LogP contribution is -2.11. The van der Waals surface area contributed by atoms with Crippen molar-refractivity contribution in [3.8, 4) is 0 Å². The number of sulfonamides is 1. The Labute approximate surface area is 107 Å². The third-order valence-electron chi connectivity index (χ3n) is 1.91. The van der Waals surface area contributed by atoms with E-state index in [0.29, 0.717) is 15.2 Å². The second kappa shape index (κ2) is 4.61. The van der Waals surface area contributed by atoms with E-state index in [1.165, 1.54) is 29.7 Å². The zero-order valence-corrected chi connectivity index (χ0v) is 10.8. The fraction of sp³-hybridized carbons (Fsp3) is 0. The van der Waals surface area contributed by atoms with Crippen LogP contribution in [-0.4, -0.2) is 13.4 Å². The monoisotopic (exact) mass is 289 g/mol. The van der Waals surface area contributed by atoms with Gasteiger partial charge in [-0.2, -0.15) is 0 Å². The lowest BCUT2D eigenvalue weighted by Gasteiger charge is -2.03. The fourth-order valence-corrected chi connectivity index (χ4v) is 2.51. The van der Waals surface area contributed by atoms with Crippen molar-refractivity contribution >= 4 is 43.8 Å². The zero-order valence-electron chi connectivity index (χ0n) is 8.42. The van der Waals surface area contributed by atoms with Gasteiger partial charge in [0, 0.05) is 5.69 Å². The second-order valence-electron chi connectivity index (χ2n) is 3.16. The van der Waals surface area contributed by atoms with Gasteiger partial charge in [0.25, 0.3) is 0 Å². The minimum Gasteiger partial charge on any atom is -0.332 e. The number of nitrogens with one attached hydrogen (secondary N) is 1. The predicted molar refractivity (Wildman–Crippen MR) is 68.2 cm³/mol. The Morgan fingerprint density at radius 1 is 1.29 bits per heavy atom. The molecule has 0 aliphatic rings. The summed E-state index contributed by atoms with van der Waals surface area (Å²) in [4.78, 5) is 4.08. The maximum absolute atomic E-state index is 11.0. The Kier molecular flexibility index (Phi) is 3.34. The molecule has 1 heterocycles. The number of primary sulfonamides is 1. The summed E-state index contributed by atoms with van der Waals surface area (Å²) in [6.07, 6.45) is 1.53. The highest BCUT2D eigenvalue weighted by molar-refractivity contribution is 7.89. The van der Waals surface area contributed by atoms with Crippen LogP contribution in [0.5, 0.6) is 0 Å². The van der Waals surface area contributed by atoms with Crippen molar-refractivity contribution in [3.05, 3.63) is 34.8 Å². The van der Waals surface area contributed by atoms with Crippen molar-refractivity contribution in [2.45, 2.75) is 4.90 Å². The molecule has 90 valence electrons. The maximum atomic E-state index is 11.0. The molecule has 0 saturated heterocycles. The molecular weight excluding hydrogens is 282 g/mol. The molecule has 0 aliphatic heterocycles. The molecule has 0 unspecified atom stereocenters. The molecule has 0 spiro atoms. The first-order valence-corrected chi connectivity index (χ1v) is 7.20. The molecule has 2 rings (SSSR count). The van der Waals surface area contributed by atoms with Crippen molar-refractivity contribution in [2.24, 2.45) is 5.14 Å². The molecule has 0 bridgehead atoms. The molecular formula is C9H8ClN3O2S2. The number of thiazole rings is 1. The second-order valence-corrected chi connectivity index (χ2v) is 6.39. The summed E-state index contributed by atoms with van der Waals surface area (Å²) in [5, 5.41) is 8.61. The number of hydrogen-bond donors (Lipinski definition) is 2. The molecule has 0 atom stereocenters. The normalized spacial score (nSPS) is 11.4. The standard InChI is InChI=1S/C9H8ClN3O2S2/c10-8-5-12-9(16-8)13-6-1-3-7(4-2-6)17(11,14)15/h1-5H,(H,12,13)(H2,11,14,15). The third-order valence-corrected chi connectivity index (χ3v) is 3.87. The van der Waals surface area contributed by atoms with E-state index in [0.717, 1.165) is 0 Å². The van der Waals surface area contributed by atoms with Gasteiger partial charge in [0.15, 0.2) is 5.13 Å². The third kappa shape index (κ3) is 3.16. The van der Waals surface area contributed by atoms with Crippen LogP contribution in [0, 0.1) is 0 Å². The summed E-state index contributed by atoms with van der Waals surface area (Å²) in [6, 6.07) is 6.06. The lowest BCUT2D eigenvalue weighted by molar-refractivity contribution is 0.598. The average molecular weight is 290 g/mol. The fourth-order valence-electron chi connectivity index (χ4n) is 1.16. The quantitative estimate of drug-likeness (QED) is 0.907. The van der Waals surface area contributed by atoms with Crippen molar-refractivity contribution in [3.63, 3.8) is 0 Å². The number of aromatic nitrogens is 1. The van der Waals surface area contributed by atoms with E-state index in [9.17, 15) is 8.42 Å². The molecule has 2 aromatic rings. The molecule has 0 radical (unpaired) electrons. The van der Waals surface area contributed by atoms with E-state index in [1.54, 1.807) is 12.1 Å². The van der Waals surface area contributed by atoms with Crippen molar-refractivity contribution < 1.29 is 8.42 Å². The molecule has 0 fully saturated rings. The first-order valence-electron chi connectivity index (χ1n) is 4.46. The highest BCUT2D eigenvalue weighted by Gasteiger charge is 2.07. The lowest BCUT2D eigenvalue weighted by atomic mass is 10.3. The topological polar surface area (TPSA) is 85.1 Å². The first-order chi connectivity index (χ1) is 7.95. The van der Waals surface area contributed by atoms with E-state index < -0.39 is 10.0 Å². The Bertz CT molecular complexity index is 622. The molecule has 3 N–H and O–H groups in total. The summed E-state index contributed by atoms with van der Waals surface area (Å²) in [5.74, 6) is 0. The van der Waals surface area contributed by atoms with Gasteiger partial charge in [-0.25, -0.2) is 18.5 Å². The van der Waals surface area contributed by atoms with Gasteiger partial charge in [0.2, 0.25) is 10.0 Å². The Morgan fingerprint density at radius 3 is 2.41 bits per heavy atom. The smallest absolute Gasteiger partial charge is 0.238 e. The maximum Gasteiger partial charge on any atom is 0.238 e. The number of nitrogens with two attached hydrogens (primary N) is 1. The van der Waals surface area contributed by atoms with E-state index >= 15 is 0 Å². The average Bonchev–Trinajstić information content (AvgIpc) is 2.63. The van der Waals surface area contributed by atoms with Crippen LogP contribution >= 0.6 is 22.9 Å². The molecule has 17 heavy (non-hydrogen) atoms. The van der Waals surface area contributed by atoms with Gasteiger partial charge >= 0.3 is 0 Å². The number of benzene rings is 1. The summed E-state index contributed by atoms with van der Waals surface area (Å²) in [7, 11) is -3.65. The summed E-state index contributed by atoms with van der Waals surface area (Å²) >= 11 is 7.02. The number of hydrogen-bond acceptors (Lipinski definition) is 5. The van der Waals surface area contributed by atoms with Crippen molar-refractivity contribution in [1.29, 1.82) is 0 Å². The number of halogens is 1. The van der Waals surface area contributed by atoms with Gasteiger partial charge in [-0.15, -0.1) is 0 Å². The molecule has 1 aromatic heterocycles. The van der Waals surface area contributed by atoms with Gasteiger partial charge < -0.3 is 5.32 Å². The van der Waals surface area contributed by atoms with Crippen molar-refractivity contribution in [2.75, 3.05) is 5.32 Å². The Balaban J connectivity index is 2.19. The van der Waals surface area contributed by atoms with Crippen LogP contribution in [0.4, 0.5) is 10.8 Å². The SMILES string of the molecule is NS(=O)(=O)c1ccc(Nc2ncc(Cl)s2)cc1. The van der Waals surface area contributed by atoms with E-state index in [1.807, 2.05) is 0 Å². The van der Waals surface area contributed by atoms with Crippen molar-refractivity contribution in [1.82, 2.24) is 4.98 Å². The minimum absolute atomic E-state index is 0.0696. The highest BCUT2D eigenvalue weighted by Crippen LogP contribution is 2.26. The van der Waals surface area contributed by atoms with Crippen LogP contribution in [0.25, 0.3) is 0 Å². The molecule has 5 nitrogen and oxygen atoms in total. The van der Waals surface area contributed by atoms with Crippen LogP contribution < -0.4 is 10.5 Å². The van der Waals surface area contributed by atoms with E-state index in [-0.39, 0.29) is 4.90 Å². The highest BCUT2D eigenvalue weighted by atomic mass is 35.5.